The molecule has 0 saturated heterocycles. The average Bonchev–Trinajstić information content (AvgIpc) is 2.58. The van der Waals surface area contributed by atoms with Crippen molar-refractivity contribution >= 4 is 11.6 Å². The van der Waals surface area contributed by atoms with Crippen LogP contribution in [0.15, 0.2) is 91.0 Å². The Kier molecular flexibility index (Phi) is 4.31. The van der Waals surface area contributed by atoms with E-state index in [1.54, 1.807) is 0 Å². The molecule has 0 spiro atoms. The molecule has 0 nitrogen and oxygen atoms in total. The van der Waals surface area contributed by atoms with E-state index in [9.17, 15) is 0 Å². The molecule has 3 aromatic carbocycles. The molecule has 22 heavy (non-hydrogen) atoms. The minimum atomic E-state index is -0.510. The Morgan fingerprint density at radius 3 is 1.41 bits per heavy atom. The van der Waals surface area contributed by atoms with Gasteiger partial charge in [0.1, 0.15) is 0 Å². The lowest BCUT2D eigenvalue weighted by molar-refractivity contribution is 0.585. The molecular weight excluding hydrogens is 288 g/mol. The molecule has 0 N–H and O–H groups in total. The van der Waals surface area contributed by atoms with Crippen LogP contribution in [0, 0.1) is 0 Å². The molecule has 0 radical (unpaired) electrons. The van der Waals surface area contributed by atoms with Gasteiger partial charge in [-0.05, 0) is 23.6 Å². The molecule has 1 heteroatoms. The van der Waals surface area contributed by atoms with Crippen LogP contribution in [-0.2, 0) is 4.87 Å². The highest BCUT2D eigenvalue weighted by Gasteiger charge is 2.36. The zero-order valence-corrected chi connectivity index (χ0v) is 13.4. The first-order chi connectivity index (χ1) is 10.7. The Hall–Kier alpha value is -2.05. The number of rotatable bonds is 4. The third-order valence-corrected chi connectivity index (χ3v) is 4.58. The second-order valence-electron chi connectivity index (χ2n) is 5.70. The first-order valence-corrected chi connectivity index (χ1v) is 7.92. The number of benzene rings is 3. The number of hydrogen-bond acceptors (Lipinski definition) is 0. The van der Waals surface area contributed by atoms with Gasteiger partial charge in [0.05, 0.1) is 4.87 Å². The molecule has 1 unspecified atom stereocenters. The standard InChI is InChI=1S/C21H19Cl/c1-21(22,19-15-9-4-10-16-19)20(17-11-5-2-6-12-17)18-13-7-3-8-14-18/h2-16,20H,1H3. The van der Waals surface area contributed by atoms with Crippen molar-refractivity contribution in [3.05, 3.63) is 108 Å². The molecule has 0 aliphatic rings. The monoisotopic (exact) mass is 306 g/mol. The van der Waals surface area contributed by atoms with Gasteiger partial charge < -0.3 is 0 Å². The van der Waals surface area contributed by atoms with E-state index in [0.29, 0.717) is 0 Å². The average molecular weight is 307 g/mol. The van der Waals surface area contributed by atoms with Crippen molar-refractivity contribution < 1.29 is 0 Å². The van der Waals surface area contributed by atoms with Crippen LogP contribution in [0.4, 0.5) is 0 Å². The minimum absolute atomic E-state index is 0.0963. The van der Waals surface area contributed by atoms with Gasteiger partial charge in [-0.3, -0.25) is 0 Å². The third-order valence-electron chi connectivity index (χ3n) is 4.15. The second kappa shape index (κ2) is 6.37. The van der Waals surface area contributed by atoms with Gasteiger partial charge in [-0.1, -0.05) is 91.0 Å². The molecule has 0 aromatic heterocycles. The molecule has 3 aromatic rings. The normalized spacial score (nSPS) is 13.8. The largest absolute Gasteiger partial charge is 0.113 e. The molecule has 0 saturated carbocycles. The summed E-state index contributed by atoms with van der Waals surface area (Å²) >= 11 is 7.10. The maximum absolute atomic E-state index is 7.10. The second-order valence-corrected chi connectivity index (χ2v) is 6.48. The van der Waals surface area contributed by atoms with E-state index < -0.39 is 4.87 Å². The van der Waals surface area contributed by atoms with Gasteiger partial charge in [0.25, 0.3) is 0 Å². The Morgan fingerprint density at radius 1 is 0.636 bits per heavy atom. The molecule has 0 aliphatic carbocycles. The lowest BCUT2D eigenvalue weighted by Gasteiger charge is -2.33. The van der Waals surface area contributed by atoms with Crippen molar-refractivity contribution in [2.45, 2.75) is 17.7 Å². The minimum Gasteiger partial charge on any atom is -0.113 e. The molecule has 1 atom stereocenters. The lowest BCUT2D eigenvalue weighted by atomic mass is 9.77. The zero-order valence-electron chi connectivity index (χ0n) is 12.6. The summed E-state index contributed by atoms with van der Waals surface area (Å²) in [7, 11) is 0. The Morgan fingerprint density at radius 2 is 1.00 bits per heavy atom. The number of halogens is 1. The molecule has 0 heterocycles. The number of hydrogen-bond donors (Lipinski definition) is 0. The summed E-state index contributed by atoms with van der Waals surface area (Å²) in [5.74, 6) is 0.0963. The van der Waals surface area contributed by atoms with Crippen molar-refractivity contribution in [2.75, 3.05) is 0 Å². The maximum Gasteiger partial charge on any atom is 0.0775 e. The summed E-state index contributed by atoms with van der Waals surface area (Å²) in [5.41, 5.74) is 3.60. The van der Waals surface area contributed by atoms with Crippen molar-refractivity contribution in [2.24, 2.45) is 0 Å². The van der Waals surface area contributed by atoms with Crippen LogP contribution >= 0.6 is 11.6 Å². The lowest BCUT2D eigenvalue weighted by Crippen LogP contribution is -2.25. The van der Waals surface area contributed by atoms with Crippen LogP contribution in [0.2, 0.25) is 0 Å². The van der Waals surface area contributed by atoms with E-state index in [4.69, 9.17) is 11.6 Å². The fraction of sp³-hybridized carbons (Fsp3) is 0.143. The van der Waals surface area contributed by atoms with Gasteiger partial charge in [-0.15, -0.1) is 11.6 Å². The summed E-state index contributed by atoms with van der Waals surface area (Å²) in [6.45, 7) is 2.11. The SMILES string of the molecule is CC(Cl)(c1ccccc1)C(c1ccccc1)c1ccccc1. The first kappa shape index (κ1) is 14.9. The van der Waals surface area contributed by atoms with E-state index in [0.717, 1.165) is 5.56 Å². The van der Waals surface area contributed by atoms with E-state index in [-0.39, 0.29) is 5.92 Å². The molecule has 110 valence electrons. The molecule has 3 rings (SSSR count). The summed E-state index contributed by atoms with van der Waals surface area (Å²) in [6.07, 6.45) is 0. The molecule has 0 aliphatic heterocycles. The Bertz CT molecular complexity index is 663. The summed E-state index contributed by atoms with van der Waals surface area (Å²) in [6, 6.07) is 31.3. The van der Waals surface area contributed by atoms with Crippen molar-refractivity contribution in [1.82, 2.24) is 0 Å². The molecular formula is C21H19Cl. The summed E-state index contributed by atoms with van der Waals surface area (Å²) in [4.78, 5) is -0.510. The van der Waals surface area contributed by atoms with Crippen molar-refractivity contribution in [3.8, 4) is 0 Å². The van der Waals surface area contributed by atoms with Crippen LogP contribution in [0.25, 0.3) is 0 Å². The van der Waals surface area contributed by atoms with Gasteiger partial charge >= 0.3 is 0 Å². The van der Waals surface area contributed by atoms with Crippen LogP contribution < -0.4 is 0 Å². The van der Waals surface area contributed by atoms with Gasteiger partial charge in [0, 0.05) is 5.92 Å². The van der Waals surface area contributed by atoms with Gasteiger partial charge in [0.2, 0.25) is 0 Å². The van der Waals surface area contributed by atoms with Crippen molar-refractivity contribution in [1.29, 1.82) is 0 Å². The van der Waals surface area contributed by atoms with Gasteiger partial charge in [-0.25, -0.2) is 0 Å². The fourth-order valence-electron chi connectivity index (χ4n) is 3.04. The predicted octanol–water partition coefficient (Wildman–Crippen LogP) is 5.97. The topological polar surface area (TPSA) is 0 Å². The van der Waals surface area contributed by atoms with Gasteiger partial charge in [0.15, 0.2) is 0 Å². The highest BCUT2D eigenvalue weighted by molar-refractivity contribution is 6.24. The van der Waals surface area contributed by atoms with E-state index in [1.165, 1.54) is 11.1 Å². The molecule has 0 bridgehead atoms. The number of alkyl halides is 1. The van der Waals surface area contributed by atoms with Crippen LogP contribution in [0.1, 0.15) is 29.5 Å². The zero-order chi connectivity index (χ0) is 15.4. The maximum atomic E-state index is 7.10. The highest BCUT2D eigenvalue weighted by atomic mass is 35.5. The smallest absolute Gasteiger partial charge is 0.0775 e. The van der Waals surface area contributed by atoms with Crippen molar-refractivity contribution in [3.63, 3.8) is 0 Å². The Balaban J connectivity index is 2.14. The van der Waals surface area contributed by atoms with Crippen LogP contribution in [0.3, 0.4) is 0 Å². The molecule has 0 amide bonds. The predicted molar refractivity (Wildman–Crippen MR) is 94.4 cm³/mol. The van der Waals surface area contributed by atoms with E-state index in [1.807, 2.05) is 30.3 Å². The van der Waals surface area contributed by atoms with Crippen LogP contribution in [-0.4, -0.2) is 0 Å². The Labute approximate surface area is 137 Å². The van der Waals surface area contributed by atoms with E-state index >= 15 is 0 Å². The fourth-order valence-corrected chi connectivity index (χ4v) is 3.42. The third kappa shape index (κ3) is 2.93. The molecule has 0 fully saturated rings. The summed E-state index contributed by atoms with van der Waals surface area (Å²) in [5, 5.41) is 0. The highest BCUT2D eigenvalue weighted by Crippen LogP contribution is 2.46. The van der Waals surface area contributed by atoms with Crippen LogP contribution in [0.5, 0.6) is 0 Å². The quantitative estimate of drug-likeness (QED) is 0.521. The first-order valence-electron chi connectivity index (χ1n) is 7.54. The van der Waals surface area contributed by atoms with Gasteiger partial charge in [-0.2, -0.15) is 0 Å². The van der Waals surface area contributed by atoms with E-state index in [2.05, 4.69) is 67.6 Å². The summed E-state index contributed by atoms with van der Waals surface area (Å²) < 4.78 is 0.